The highest BCUT2D eigenvalue weighted by Crippen LogP contribution is 2.24. The molecule has 3 nitrogen and oxygen atoms in total. The lowest BCUT2D eigenvalue weighted by Crippen LogP contribution is -2.24. The van der Waals surface area contributed by atoms with E-state index in [1.807, 2.05) is 36.4 Å². The Hall–Kier alpha value is -1.61. The minimum Gasteiger partial charge on any atom is -0.497 e. The molecule has 17 heavy (non-hydrogen) atoms. The summed E-state index contributed by atoms with van der Waals surface area (Å²) in [6.07, 6.45) is 4.91. The van der Waals surface area contributed by atoms with Gasteiger partial charge in [-0.3, -0.25) is 0 Å². The third-order valence-electron chi connectivity index (χ3n) is 2.97. The molecule has 0 amide bonds. The molecule has 90 valence electrons. The third kappa shape index (κ3) is 2.94. The van der Waals surface area contributed by atoms with Crippen molar-refractivity contribution in [3.05, 3.63) is 42.0 Å². The molecule has 0 fully saturated rings. The Labute approximate surface area is 101 Å². The molecule has 1 aromatic carbocycles. The molecule has 1 aliphatic rings. The highest BCUT2D eigenvalue weighted by molar-refractivity contribution is 5.60. The smallest absolute Gasteiger partial charge is 0.127 e. The second-order valence-corrected chi connectivity index (χ2v) is 4.13. The SMILES string of the molecule is COc1ccc(COC[C@H]2C=C[C@H]2C=O)cc1. The lowest BCUT2D eigenvalue weighted by atomic mass is 9.84. The van der Waals surface area contributed by atoms with Gasteiger partial charge < -0.3 is 14.3 Å². The topological polar surface area (TPSA) is 35.5 Å². The molecular formula is C14H16O3. The van der Waals surface area contributed by atoms with E-state index in [0.717, 1.165) is 17.6 Å². The van der Waals surface area contributed by atoms with E-state index in [1.165, 1.54) is 0 Å². The van der Waals surface area contributed by atoms with Crippen molar-refractivity contribution in [2.75, 3.05) is 13.7 Å². The van der Waals surface area contributed by atoms with Crippen molar-refractivity contribution in [1.29, 1.82) is 0 Å². The molecule has 1 aliphatic carbocycles. The Morgan fingerprint density at radius 3 is 2.53 bits per heavy atom. The maximum Gasteiger partial charge on any atom is 0.127 e. The van der Waals surface area contributed by atoms with Crippen LogP contribution in [0.3, 0.4) is 0 Å². The molecule has 0 saturated carbocycles. The van der Waals surface area contributed by atoms with Gasteiger partial charge in [0, 0.05) is 11.8 Å². The maximum atomic E-state index is 10.6. The zero-order valence-corrected chi connectivity index (χ0v) is 9.84. The number of allylic oxidation sites excluding steroid dienone is 1. The van der Waals surface area contributed by atoms with Crippen LogP contribution in [0.4, 0.5) is 0 Å². The second kappa shape index (κ2) is 5.64. The fourth-order valence-electron chi connectivity index (χ4n) is 1.74. The highest BCUT2D eigenvalue weighted by Gasteiger charge is 2.23. The normalized spacial score (nSPS) is 21.9. The van der Waals surface area contributed by atoms with Crippen molar-refractivity contribution in [3.8, 4) is 5.75 Å². The molecule has 1 aromatic rings. The van der Waals surface area contributed by atoms with Gasteiger partial charge in [0.05, 0.1) is 20.3 Å². The van der Waals surface area contributed by atoms with E-state index in [9.17, 15) is 4.79 Å². The molecule has 0 heterocycles. The first kappa shape index (κ1) is 11.9. The summed E-state index contributed by atoms with van der Waals surface area (Å²) in [6.45, 7) is 1.17. The molecular weight excluding hydrogens is 216 g/mol. The Bertz CT molecular complexity index is 394. The van der Waals surface area contributed by atoms with Gasteiger partial charge in [-0.25, -0.2) is 0 Å². The fraction of sp³-hybridized carbons (Fsp3) is 0.357. The number of benzene rings is 1. The van der Waals surface area contributed by atoms with E-state index >= 15 is 0 Å². The van der Waals surface area contributed by atoms with Crippen molar-refractivity contribution in [3.63, 3.8) is 0 Å². The number of aldehydes is 1. The predicted molar refractivity (Wildman–Crippen MR) is 64.8 cm³/mol. The van der Waals surface area contributed by atoms with Crippen LogP contribution in [0.15, 0.2) is 36.4 Å². The van der Waals surface area contributed by atoms with E-state index in [2.05, 4.69) is 0 Å². The monoisotopic (exact) mass is 232 g/mol. The van der Waals surface area contributed by atoms with Crippen molar-refractivity contribution in [2.24, 2.45) is 11.8 Å². The minimum absolute atomic E-state index is 0.0471. The van der Waals surface area contributed by atoms with Crippen LogP contribution < -0.4 is 4.74 Å². The Balaban J connectivity index is 1.74. The van der Waals surface area contributed by atoms with Crippen LogP contribution >= 0.6 is 0 Å². The number of methoxy groups -OCH3 is 1. The van der Waals surface area contributed by atoms with Crippen molar-refractivity contribution < 1.29 is 14.3 Å². The summed E-state index contributed by atoms with van der Waals surface area (Å²) < 4.78 is 10.7. The van der Waals surface area contributed by atoms with E-state index in [4.69, 9.17) is 9.47 Å². The van der Waals surface area contributed by atoms with Gasteiger partial charge in [-0.1, -0.05) is 24.3 Å². The van der Waals surface area contributed by atoms with Crippen LogP contribution in [0.2, 0.25) is 0 Å². The first-order chi connectivity index (χ1) is 8.33. The lowest BCUT2D eigenvalue weighted by Gasteiger charge is -2.24. The van der Waals surface area contributed by atoms with Crippen LogP contribution in [-0.2, 0) is 16.1 Å². The van der Waals surface area contributed by atoms with Gasteiger partial charge in [-0.2, -0.15) is 0 Å². The molecule has 0 aliphatic heterocycles. The fourth-order valence-corrected chi connectivity index (χ4v) is 1.74. The number of carbonyl (C=O) groups is 1. The van der Waals surface area contributed by atoms with Gasteiger partial charge in [0.25, 0.3) is 0 Å². The van der Waals surface area contributed by atoms with Crippen LogP contribution in [0.5, 0.6) is 5.75 Å². The summed E-state index contributed by atoms with van der Waals surface area (Å²) in [7, 11) is 1.65. The Morgan fingerprint density at radius 2 is 2.00 bits per heavy atom. The summed E-state index contributed by atoms with van der Waals surface area (Å²) in [5.41, 5.74) is 1.11. The highest BCUT2D eigenvalue weighted by atomic mass is 16.5. The molecule has 0 spiro atoms. The summed E-state index contributed by atoms with van der Waals surface area (Å²) in [5.74, 6) is 1.15. The Morgan fingerprint density at radius 1 is 1.24 bits per heavy atom. The minimum atomic E-state index is 0.0471. The largest absolute Gasteiger partial charge is 0.497 e. The first-order valence-corrected chi connectivity index (χ1v) is 5.68. The molecule has 0 saturated heterocycles. The number of rotatable bonds is 6. The molecule has 2 atom stereocenters. The number of carbonyl (C=O) groups excluding carboxylic acids is 1. The van der Waals surface area contributed by atoms with Gasteiger partial charge in [-0.05, 0) is 17.7 Å². The van der Waals surface area contributed by atoms with Crippen LogP contribution in [-0.4, -0.2) is 20.0 Å². The van der Waals surface area contributed by atoms with Gasteiger partial charge in [0.15, 0.2) is 0 Å². The number of ether oxygens (including phenoxy) is 2. The summed E-state index contributed by atoms with van der Waals surface area (Å²) in [4.78, 5) is 10.6. The summed E-state index contributed by atoms with van der Waals surface area (Å²) in [5, 5.41) is 0. The Kier molecular flexibility index (Phi) is 3.94. The van der Waals surface area contributed by atoms with Crippen molar-refractivity contribution in [2.45, 2.75) is 6.61 Å². The van der Waals surface area contributed by atoms with Gasteiger partial charge in [-0.15, -0.1) is 0 Å². The zero-order valence-electron chi connectivity index (χ0n) is 9.84. The standard InChI is InChI=1S/C14H16O3/c1-16-14-6-2-11(3-7-14)9-17-10-13-5-4-12(13)8-15/h2-8,12-13H,9-10H2,1H3/t12-,13+/m0/s1. The van der Waals surface area contributed by atoms with E-state index in [1.54, 1.807) is 7.11 Å². The second-order valence-electron chi connectivity index (χ2n) is 4.13. The number of hydrogen-bond donors (Lipinski definition) is 0. The van der Waals surface area contributed by atoms with E-state index in [0.29, 0.717) is 13.2 Å². The van der Waals surface area contributed by atoms with E-state index < -0.39 is 0 Å². The molecule has 0 aromatic heterocycles. The molecule has 0 unspecified atom stereocenters. The van der Waals surface area contributed by atoms with E-state index in [-0.39, 0.29) is 11.8 Å². The first-order valence-electron chi connectivity index (χ1n) is 5.68. The summed E-state index contributed by atoms with van der Waals surface area (Å²) in [6, 6.07) is 7.78. The quantitative estimate of drug-likeness (QED) is 0.557. The van der Waals surface area contributed by atoms with Crippen LogP contribution in [0.25, 0.3) is 0 Å². The lowest BCUT2D eigenvalue weighted by molar-refractivity contribution is -0.112. The molecule has 0 N–H and O–H groups in total. The van der Waals surface area contributed by atoms with Crippen molar-refractivity contribution in [1.82, 2.24) is 0 Å². The molecule has 0 bridgehead atoms. The third-order valence-corrected chi connectivity index (χ3v) is 2.97. The van der Waals surface area contributed by atoms with Crippen molar-refractivity contribution >= 4 is 6.29 Å². The molecule has 3 heteroatoms. The average Bonchev–Trinajstić information content (AvgIpc) is 2.34. The van der Waals surface area contributed by atoms with Gasteiger partial charge in [0.2, 0.25) is 0 Å². The summed E-state index contributed by atoms with van der Waals surface area (Å²) >= 11 is 0. The molecule has 2 rings (SSSR count). The zero-order chi connectivity index (χ0) is 12.1. The maximum absolute atomic E-state index is 10.6. The van der Waals surface area contributed by atoms with Crippen LogP contribution in [0.1, 0.15) is 5.56 Å². The van der Waals surface area contributed by atoms with Gasteiger partial charge in [0.1, 0.15) is 12.0 Å². The van der Waals surface area contributed by atoms with Crippen LogP contribution in [0, 0.1) is 11.8 Å². The molecule has 0 radical (unpaired) electrons. The van der Waals surface area contributed by atoms with Gasteiger partial charge >= 0.3 is 0 Å². The number of hydrogen-bond acceptors (Lipinski definition) is 3. The predicted octanol–water partition coefficient (Wildman–Crippen LogP) is 2.21. The average molecular weight is 232 g/mol.